The van der Waals surface area contributed by atoms with Gasteiger partial charge in [-0.3, -0.25) is 0 Å². The fourth-order valence-corrected chi connectivity index (χ4v) is 2.58. The molecule has 14 heavy (non-hydrogen) atoms. The molecule has 0 saturated carbocycles. The van der Waals surface area contributed by atoms with Crippen LogP contribution in [0.4, 0.5) is 0 Å². The van der Waals surface area contributed by atoms with Crippen molar-refractivity contribution in [2.45, 2.75) is 31.6 Å². The molecule has 76 valence electrons. The molecule has 0 spiro atoms. The highest BCUT2D eigenvalue weighted by atomic mass is 35.5. The Morgan fingerprint density at radius 1 is 1.43 bits per heavy atom. The van der Waals surface area contributed by atoms with E-state index in [1.165, 1.54) is 30.4 Å². The predicted molar refractivity (Wildman–Crippen MR) is 60.8 cm³/mol. The quantitative estimate of drug-likeness (QED) is 0.796. The molecule has 1 aromatic carbocycles. The van der Waals surface area contributed by atoms with E-state index in [2.05, 4.69) is 12.1 Å². The van der Waals surface area contributed by atoms with Gasteiger partial charge in [0.15, 0.2) is 0 Å². The Morgan fingerprint density at radius 2 is 2.29 bits per heavy atom. The second-order valence-corrected chi connectivity index (χ2v) is 4.45. The van der Waals surface area contributed by atoms with E-state index in [0.717, 1.165) is 18.0 Å². The van der Waals surface area contributed by atoms with E-state index < -0.39 is 0 Å². The minimum Gasteiger partial charge on any atom is -0.330 e. The molecule has 0 bridgehead atoms. The van der Waals surface area contributed by atoms with Gasteiger partial charge >= 0.3 is 0 Å². The lowest BCUT2D eigenvalue weighted by atomic mass is 9.81. The maximum atomic E-state index is 5.98. The Kier molecular flexibility index (Phi) is 3.09. The standard InChI is InChI=1S/C12H16ClN/c13-11-4-5-12-9(6-7-14)2-1-3-10(12)8-11/h4-5,8-9H,1-3,6-7,14H2. The van der Waals surface area contributed by atoms with Crippen molar-refractivity contribution in [3.8, 4) is 0 Å². The first-order valence-corrected chi connectivity index (χ1v) is 5.67. The molecule has 2 heteroatoms. The Labute approximate surface area is 90.3 Å². The molecule has 2 rings (SSSR count). The zero-order valence-electron chi connectivity index (χ0n) is 8.30. The molecule has 1 nitrogen and oxygen atoms in total. The maximum Gasteiger partial charge on any atom is 0.0408 e. The van der Waals surface area contributed by atoms with Crippen molar-refractivity contribution in [2.75, 3.05) is 6.54 Å². The topological polar surface area (TPSA) is 26.0 Å². The molecule has 1 aliphatic rings. The van der Waals surface area contributed by atoms with Gasteiger partial charge in [0.25, 0.3) is 0 Å². The number of hydrogen-bond acceptors (Lipinski definition) is 1. The van der Waals surface area contributed by atoms with Crippen molar-refractivity contribution in [3.05, 3.63) is 34.3 Å². The van der Waals surface area contributed by atoms with Crippen molar-refractivity contribution < 1.29 is 0 Å². The maximum absolute atomic E-state index is 5.98. The van der Waals surface area contributed by atoms with Crippen LogP contribution in [0.1, 0.15) is 36.3 Å². The monoisotopic (exact) mass is 209 g/mol. The third-order valence-corrected chi connectivity index (χ3v) is 3.29. The van der Waals surface area contributed by atoms with Crippen molar-refractivity contribution >= 4 is 11.6 Å². The number of nitrogens with two attached hydrogens (primary N) is 1. The summed E-state index contributed by atoms with van der Waals surface area (Å²) in [5.74, 6) is 0.668. The van der Waals surface area contributed by atoms with Crippen LogP contribution in [0.25, 0.3) is 0 Å². The first-order chi connectivity index (χ1) is 6.81. The molecular weight excluding hydrogens is 194 g/mol. The van der Waals surface area contributed by atoms with Gasteiger partial charge in [0.2, 0.25) is 0 Å². The molecule has 0 fully saturated rings. The van der Waals surface area contributed by atoms with Crippen LogP contribution in [-0.4, -0.2) is 6.54 Å². The normalized spacial score (nSPS) is 20.6. The predicted octanol–water partition coefficient (Wildman–Crippen LogP) is 3.11. The van der Waals surface area contributed by atoms with Crippen LogP contribution < -0.4 is 5.73 Å². The van der Waals surface area contributed by atoms with Crippen LogP contribution >= 0.6 is 11.6 Å². The third kappa shape index (κ3) is 1.94. The molecule has 0 aromatic heterocycles. The van der Waals surface area contributed by atoms with E-state index >= 15 is 0 Å². The Morgan fingerprint density at radius 3 is 3.07 bits per heavy atom. The molecule has 0 aliphatic heterocycles. The lowest BCUT2D eigenvalue weighted by Gasteiger charge is -2.25. The second-order valence-electron chi connectivity index (χ2n) is 4.01. The Bertz CT molecular complexity index is 322. The average molecular weight is 210 g/mol. The van der Waals surface area contributed by atoms with Gasteiger partial charge in [-0.2, -0.15) is 0 Å². The van der Waals surface area contributed by atoms with Gasteiger partial charge < -0.3 is 5.73 Å². The SMILES string of the molecule is NCCC1CCCc2cc(Cl)ccc21. The first kappa shape index (κ1) is 10.0. The third-order valence-electron chi connectivity index (χ3n) is 3.06. The minimum atomic E-state index is 0.668. The number of fused-ring (bicyclic) bond motifs is 1. The summed E-state index contributed by atoms with van der Waals surface area (Å²) in [7, 11) is 0. The molecule has 1 aromatic rings. The molecule has 0 saturated heterocycles. The van der Waals surface area contributed by atoms with Gasteiger partial charge in [0, 0.05) is 5.02 Å². The summed E-state index contributed by atoms with van der Waals surface area (Å²) in [4.78, 5) is 0. The van der Waals surface area contributed by atoms with E-state index in [1.54, 1.807) is 0 Å². The minimum absolute atomic E-state index is 0.668. The van der Waals surface area contributed by atoms with Crippen molar-refractivity contribution in [3.63, 3.8) is 0 Å². The van der Waals surface area contributed by atoms with E-state index in [9.17, 15) is 0 Å². The second kappa shape index (κ2) is 4.33. The summed E-state index contributed by atoms with van der Waals surface area (Å²) in [6.45, 7) is 0.784. The van der Waals surface area contributed by atoms with Crippen LogP contribution in [-0.2, 0) is 6.42 Å². The molecule has 2 N–H and O–H groups in total. The average Bonchev–Trinajstić information content (AvgIpc) is 2.18. The lowest BCUT2D eigenvalue weighted by Crippen LogP contribution is -2.13. The van der Waals surface area contributed by atoms with Crippen molar-refractivity contribution in [1.29, 1.82) is 0 Å². The number of benzene rings is 1. The van der Waals surface area contributed by atoms with Gasteiger partial charge in [-0.15, -0.1) is 0 Å². The highest BCUT2D eigenvalue weighted by molar-refractivity contribution is 6.30. The van der Waals surface area contributed by atoms with E-state index in [0.29, 0.717) is 5.92 Å². The van der Waals surface area contributed by atoms with Gasteiger partial charge in [-0.25, -0.2) is 0 Å². The molecule has 0 heterocycles. The first-order valence-electron chi connectivity index (χ1n) is 5.29. The summed E-state index contributed by atoms with van der Waals surface area (Å²) < 4.78 is 0. The molecule has 0 amide bonds. The summed E-state index contributed by atoms with van der Waals surface area (Å²) in [5.41, 5.74) is 8.53. The van der Waals surface area contributed by atoms with Crippen LogP contribution in [0.2, 0.25) is 5.02 Å². The highest BCUT2D eigenvalue weighted by Crippen LogP contribution is 2.34. The Balaban J connectivity index is 2.30. The van der Waals surface area contributed by atoms with Crippen molar-refractivity contribution in [2.24, 2.45) is 5.73 Å². The lowest BCUT2D eigenvalue weighted by molar-refractivity contribution is 0.526. The zero-order valence-corrected chi connectivity index (χ0v) is 9.06. The van der Waals surface area contributed by atoms with Gasteiger partial charge in [0.1, 0.15) is 0 Å². The summed E-state index contributed by atoms with van der Waals surface area (Å²) >= 11 is 5.98. The summed E-state index contributed by atoms with van der Waals surface area (Å²) in [5, 5.41) is 0.858. The van der Waals surface area contributed by atoms with E-state index in [1.807, 2.05) is 6.07 Å². The Hall–Kier alpha value is -0.530. The zero-order chi connectivity index (χ0) is 9.97. The number of aryl methyl sites for hydroxylation is 1. The highest BCUT2D eigenvalue weighted by Gasteiger charge is 2.19. The molecule has 0 radical (unpaired) electrons. The van der Waals surface area contributed by atoms with E-state index in [-0.39, 0.29) is 0 Å². The fraction of sp³-hybridized carbons (Fsp3) is 0.500. The van der Waals surface area contributed by atoms with Crippen molar-refractivity contribution in [1.82, 2.24) is 0 Å². The largest absolute Gasteiger partial charge is 0.330 e. The molecule has 1 aliphatic carbocycles. The van der Waals surface area contributed by atoms with E-state index in [4.69, 9.17) is 17.3 Å². The van der Waals surface area contributed by atoms with Gasteiger partial charge in [0.05, 0.1) is 0 Å². The summed E-state index contributed by atoms with van der Waals surface area (Å²) in [6.07, 6.45) is 4.84. The van der Waals surface area contributed by atoms with Crippen LogP contribution in [0.15, 0.2) is 18.2 Å². The number of rotatable bonds is 2. The van der Waals surface area contributed by atoms with Crippen LogP contribution in [0.3, 0.4) is 0 Å². The van der Waals surface area contributed by atoms with Crippen LogP contribution in [0.5, 0.6) is 0 Å². The molecule has 1 unspecified atom stereocenters. The van der Waals surface area contributed by atoms with Crippen LogP contribution in [0, 0.1) is 0 Å². The fourth-order valence-electron chi connectivity index (χ4n) is 2.38. The summed E-state index contributed by atoms with van der Waals surface area (Å²) in [6, 6.07) is 6.28. The molecular formula is C12H16ClN. The number of hydrogen-bond donors (Lipinski definition) is 1. The molecule has 1 atom stereocenters. The number of halogens is 1. The van der Waals surface area contributed by atoms with Gasteiger partial charge in [-0.05, 0) is 61.4 Å². The smallest absolute Gasteiger partial charge is 0.0408 e. The van der Waals surface area contributed by atoms with Gasteiger partial charge in [-0.1, -0.05) is 17.7 Å².